The molecule has 2 aromatic rings. The molecule has 3 nitrogen and oxygen atoms in total. The predicted molar refractivity (Wildman–Crippen MR) is 106 cm³/mol. The van der Waals surface area contributed by atoms with Gasteiger partial charge in [-0.05, 0) is 0 Å². The Kier molecular flexibility index (Phi) is 8.45. The molecule has 0 amide bonds. The van der Waals surface area contributed by atoms with Gasteiger partial charge in [0.2, 0.25) is 0 Å². The van der Waals surface area contributed by atoms with Crippen LogP contribution in [0.2, 0.25) is 8.94 Å². The van der Waals surface area contributed by atoms with Gasteiger partial charge in [-0.2, -0.15) is 0 Å². The van der Waals surface area contributed by atoms with Gasteiger partial charge in [0.15, 0.2) is 0 Å². The van der Waals surface area contributed by atoms with Crippen molar-refractivity contribution in [2.45, 2.75) is 53.0 Å². The van der Waals surface area contributed by atoms with Gasteiger partial charge in [0.05, 0.1) is 0 Å². The van der Waals surface area contributed by atoms with E-state index in [9.17, 15) is 8.42 Å². The molecule has 2 rings (SSSR count). The quantitative estimate of drug-likeness (QED) is 0.415. The first-order chi connectivity index (χ1) is 12.0. The predicted octanol–water partition coefficient (Wildman–Crippen LogP) is 4.23. The zero-order valence-corrected chi connectivity index (χ0v) is 18.1. The Morgan fingerprint density at radius 2 is 1.72 bits per heavy atom. The van der Waals surface area contributed by atoms with Gasteiger partial charge in [0.25, 0.3) is 0 Å². The SMILES string of the molecule is CCCC[Te]C[C@H](Cc1ccccc1)NS(=O)(=O)c1ccc(C)cc1. The van der Waals surface area contributed by atoms with Gasteiger partial charge in [0, 0.05) is 0 Å². The number of rotatable bonds is 10. The van der Waals surface area contributed by atoms with E-state index in [1.54, 1.807) is 12.1 Å². The van der Waals surface area contributed by atoms with Crippen molar-refractivity contribution in [2.24, 2.45) is 0 Å². The zero-order chi connectivity index (χ0) is 18.1. The Labute approximate surface area is 162 Å². The van der Waals surface area contributed by atoms with Gasteiger partial charge < -0.3 is 0 Å². The summed E-state index contributed by atoms with van der Waals surface area (Å²) in [6.07, 6.45) is 3.22. The molecule has 0 aliphatic heterocycles. The molecular formula is C20H27NO2STe. The van der Waals surface area contributed by atoms with Crippen molar-refractivity contribution >= 4 is 30.9 Å². The van der Waals surface area contributed by atoms with Gasteiger partial charge >= 0.3 is 163 Å². The van der Waals surface area contributed by atoms with E-state index in [4.69, 9.17) is 0 Å². The Morgan fingerprint density at radius 1 is 1.04 bits per heavy atom. The fourth-order valence-electron chi connectivity index (χ4n) is 2.51. The molecule has 5 heteroatoms. The molecule has 1 atom stereocenters. The average Bonchev–Trinajstić information content (AvgIpc) is 2.59. The second kappa shape index (κ2) is 10.3. The van der Waals surface area contributed by atoms with E-state index in [-0.39, 0.29) is 27.0 Å². The van der Waals surface area contributed by atoms with Crippen LogP contribution in [0.4, 0.5) is 0 Å². The van der Waals surface area contributed by atoms with Crippen LogP contribution in [-0.4, -0.2) is 35.4 Å². The zero-order valence-electron chi connectivity index (χ0n) is 14.9. The number of aryl methyl sites for hydroxylation is 1. The molecule has 0 saturated carbocycles. The average molecular weight is 473 g/mol. The van der Waals surface area contributed by atoms with E-state index in [0.717, 1.165) is 16.5 Å². The molecule has 136 valence electrons. The van der Waals surface area contributed by atoms with Gasteiger partial charge in [-0.1, -0.05) is 0 Å². The third-order valence-electron chi connectivity index (χ3n) is 3.94. The second-order valence-electron chi connectivity index (χ2n) is 6.25. The van der Waals surface area contributed by atoms with E-state index >= 15 is 0 Å². The summed E-state index contributed by atoms with van der Waals surface area (Å²) in [6.45, 7) is 4.16. The first kappa shape index (κ1) is 20.5. The van der Waals surface area contributed by atoms with E-state index in [2.05, 4.69) is 23.8 Å². The monoisotopic (exact) mass is 475 g/mol. The van der Waals surface area contributed by atoms with Crippen LogP contribution in [0.25, 0.3) is 0 Å². The number of unbranched alkanes of at least 4 members (excludes halogenated alkanes) is 1. The second-order valence-corrected chi connectivity index (χ2v) is 11.2. The number of benzene rings is 2. The van der Waals surface area contributed by atoms with E-state index < -0.39 is 10.0 Å². The van der Waals surface area contributed by atoms with E-state index in [1.165, 1.54) is 22.9 Å². The third kappa shape index (κ3) is 7.11. The van der Waals surface area contributed by atoms with Crippen molar-refractivity contribution in [1.29, 1.82) is 0 Å². The molecule has 0 spiro atoms. The molecule has 0 saturated heterocycles. The summed E-state index contributed by atoms with van der Waals surface area (Å²) in [7, 11) is -3.47. The number of sulfonamides is 1. The van der Waals surface area contributed by atoms with Crippen LogP contribution in [0.1, 0.15) is 30.9 Å². The summed E-state index contributed by atoms with van der Waals surface area (Å²) >= 11 is -0.163. The molecule has 0 aliphatic rings. The Bertz CT molecular complexity index is 730. The van der Waals surface area contributed by atoms with Gasteiger partial charge in [-0.15, -0.1) is 0 Å². The van der Waals surface area contributed by atoms with Gasteiger partial charge in [-0.25, -0.2) is 0 Å². The Balaban J connectivity index is 2.09. The summed E-state index contributed by atoms with van der Waals surface area (Å²) in [4.78, 5) is 0.352. The molecule has 0 heterocycles. The van der Waals surface area contributed by atoms with Gasteiger partial charge in [0.1, 0.15) is 0 Å². The molecule has 0 unspecified atom stereocenters. The van der Waals surface area contributed by atoms with Crippen molar-refractivity contribution in [3.05, 3.63) is 65.7 Å². The molecule has 2 aromatic carbocycles. The molecule has 0 bridgehead atoms. The first-order valence-electron chi connectivity index (χ1n) is 8.72. The maximum absolute atomic E-state index is 12.7. The number of hydrogen-bond donors (Lipinski definition) is 1. The maximum atomic E-state index is 12.7. The van der Waals surface area contributed by atoms with Crippen LogP contribution in [-0.2, 0) is 16.4 Å². The fourth-order valence-corrected chi connectivity index (χ4v) is 7.34. The molecule has 25 heavy (non-hydrogen) atoms. The first-order valence-corrected chi connectivity index (χ1v) is 13.5. The molecule has 0 fully saturated rings. The van der Waals surface area contributed by atoms with Crippen molar-refractivity contribution < 1.29 is 8.42 Å². The normalized spacial score (nSPS) is 12.9. The summed E-state index contributed by atoms with van der Waals surface area (Å²) < 4.78 is 30.7. The topological polar surface area (TPSA) is 46.2 Å². The van der Waals surface area contributed by atoms with E-state index in [0.29, 0.717) is 4.90 Å². The van der Waals surface area contributed by atoms with Crippen molar-refractivity contribution in [3.63, 3.8) is 0 Å². The van der Waals surface area contributed by atoms with Crippen LogP contribution < -0.4 is 4.72 Å². The number of nitrogens with one attached hydrogen (secondary N) is 1. The minimum absolute atomic E-state index is 0.0204. The van der Waals surface area contributed by atoms with Crippen molar-refractivity contribution in [3.8, 4) is 0 Å². The van der Waals surface area contributed by atoms with Crippen LogP contribution in [0, 0.1) is 6.92 Å². The third-order valence-corrected chi connectivity index (χ3v) is 8.94. The van der Waals surface area contributed by atoms with Crippen LogP contribution in [0.15, 0.2) is 59.5 Å². The van der Waals surface area contributed by atoms with E-state index in [1.807, 2.05) is 37.3 Å². The Morgan fingerprint density at radius 3 is 2.36 bits per heavy atom. The molecule has 0 aliphatic carbocycles. The van der Waals surface area contributed by atoms with Crippen LogP contribution in [0.5, 0.6) is 0 Å². The fraction of sp³-hybridized carbons (Fsp3) is 0.400. The summed E-state index contributed by atoms with van der Waals surface area (Å²) in [5.74, 6) is 0. The van der Waals surface area contributed by atoms with Crippen LogP contribution >= 0.6 is 0 Å². The standard InChI is InChI=1S/C20H27NO2STe/c1-3-4-14-25-16-19(15-18-8-6-5-7-9-18)21-24(22,23)20-12-10-17(2)11-13-20/h5-13,19,21H,3-4,14-16H2,1-2H3/t19-/m0/s1. The van der Waals surface area contributed by atoms with Gasteiger partial charge in [-0.3, -0.25) is 0 Å². The minimum atomic E-state index is -3.47. The summed E-state index contributed by atoms with van der Waals surface area (Å²) in [5.41, 5.74) is 2.24. The molecular weight excluding hydrogens is 446 g/mol. The summed E-state index contributed by atoms with van der Waals surface area (Å²) in [6, 6.07) is 17.2. The summed E-state index contributed by atoms with van der Waals surface area (Å²) in [5, 5.41) is 0. The van der Waals surface area contributed by atoms with Crippen molar-refractivity contribution in [1.82, 2.24) is 4.72 Å². The number of hydrogen-bond acceptors (Lipinski definition) is 2. The molecule has 1 N–H and O–H groups in total. The molecule has 0 radical (unpaired) electrons. The van der Waals surface area contributed by atoms with Crippen LogP contribution in [0.3, 0.4) is 0 Å². The molecule has 0 aromatic heterocycles. The Hall–Kier alpha value is -0.860. The van der Waals surface area contributed by atoms with Crippen molar-refractivity contribution in [2.75, 3.05) is 0 Å².